The Balaban J connectivity index is 1.82. The van der Waals surface area contributed by atoms with Crippen LogP contribution in [0.5, 0.6) is 0 Å². The predicted molar refractivity (Wildman–Crippen MR) is 56.8 cm³/mol. The Bertz CT molecular complexity index is 314. The lowest BCUT2D eigenvalue weighted by atomic mass is 10.0. The van der Waals surface area contributed by atoms with Crippen LogP contribution in [0.2, 0.25) is 0 Å². The Kier molecular flexibility index (Phi) is 2.99. The number of imidazole rings is 1. The molecule has 1 aromatic rings. The van der Waals surface area contributed by atoms with E-state index in [0.29, 0.717) is 6.04 Å². The van der Waals surface area contributed by atoms with E-state index >= 15 is 0 Å². The fraction of sp³-hybridized carbons (Fsp3) is 0.545. The van der Waals surface area contributed by atoms with Crippen LogP contribution in [0.15, 0.2) is 24.7 Å². The van der Waals surface area contributed by atoms with Gasteiger partial charge < -0.3 is 9.88 Å². The molecule has 76 valence electrons. The molecule has 0 spiro atoms. The van der Waals surface area contributed by atoms with Crippen molar-refractivity contribution in [1.29, 1.82) is 0 Å². The number of aromatic nitrogens is 2. The minimum Gasteiger partial charge on any atom is -0.340 e. The topological polar surface area (TPSA) is 29.9 Å². The average molecular weight is 191 g/mol. The van der Waals surface area contributed by atoms with Crippen LogP contribution < -0.4 is 5.32 Å². The molecule has 1 heterocycles. The van der Waals surface area contributed by atoms with Crippen molar-refractivity contribution in [2.75, 3.05) is 0 Å². The molecule has 0 fully saturated rings. The van der Waals surface area contributed by atoms with Gasteiger partial charge in [-0.05, 0) is 19.3 Å². The van der Waals surface area contributed by atoms with E-state index in [-0.39, 0.29) is 0 Å². The van der Waals surface area contributed by atoms with Gasteiger partial charge in [0.1, 0.15) is 0 Å². The van der Waals surface area contributed by atoms with Crippen molar-refractivity contribution in [3.8, 4) is 0 Å². The van der Waals surface area contributed by atoms with Crippen molar-refractivity contribution in [3.05, 3.63) is 30.4 Å². The number of aryl methyl sites for hydroxylation is 1. The number of hydrogen-bond donors (Lipinski definition) is 1. The highest BCUT2D eigenvalue weighted by Gasteiger charge is 2.07. The van der Waals surface area contributed by atoms with E-state index in [1.807, 2.05) is 17.9 Å². The summed E-state index contributed by atoms with van der Waals surface area (Å²) in [5, 5.41) is 3.49. The SMILES string of the molecule is Cn1cnc(CNC2C=CCCC2)c1. The van der Waals surface area contributed by atoms with Crippen LogP contribution in [-0.4, -0.2) is 15.6 Å². The van der Waals surface area contributed by atoms with Gasteiger partial charge >= 0.3 is 0 Å². The van der Waals surface area contributed by atoms with Crippen LogP contribution in [0.3, 0.4) is 0 Å². The maximum Gasteiger partial charge on any atom is 0.0947 e. The molecule has 0 saturated carbocycles. The maximum absolute atomic E-state index is 4.28. The Morgan fingerprint density at radius 3 is 3.21 bits per heavy atom. The zero-order chi connectivity index (χ0) is 9.80. The molecule has 0 saturated heterocycles. The molecule has 1 aliphatic carbocycles. The van der Waals surface area contributed by atoms with Crippen LogP contribution in [0.1, 0.15) is 25.0 Å². The molecule has 2 rings (SSSR count). The first-order valence-electron chi connectivity index (χ1n) is 5.21. The first-order valence-corrected chi connectivity index (χ1v) is 5.21. The van der Waals surface area contributed by atoms with Crippen molar-refractivity contribution in [1.82, 2.24) is 14.9 Å². The van der Waals surface area contributed by atoms with Crippen LogP contribution in [0.4, 0.5) is 0 Å². The zero-order valence-corrected chi connectivity index (χ0v) is 8.61. The Hall–Kier alpha value is -1.09. The van der Waals surface area contributed by atoms with E-state index in [0.717, 1.165) is 12.2 Å². The second-order valence-corrected chi connectivity index (χ2v) is 3.88. The van der Waals surface area contributed by atoms with Gasteiger partial charge in [-0.3, -0.25) is 0 Å². The number of nitrogens with one attached hydrogen (secondary N) is 1. The molecule has 1 aromatic heterocycles. The van der Waals surface area contributed by atoms with E-state index in [1.165, 1.54) is 19.3 Å². The molecule has 3 heteroatoms. The Labute approximate surface area is 84.8 Å². The summed E-state index contributed by atoms with van der Waals surface area (Å²) in [4.78, 5) is 4.28. The highest BCUT2D eigenvalue weighted by molar-refractivity contribution is 5.01. The van der Waals surface area contributed by atoms with E-state index in [9.17, 15) is 0 Å². The normalized spacial score (nSPS) is 21.4. The molecule has 0 aliphatic heterocycles. The predicted octanol–water partition coefficient (Wildman–Crippen LogP) is 1.62. The highest BCUT2D eigenvalue weighted by Crippen LogP contribution is 2.10. The Morgan fingerprint density at radius 2 is 2.57 bits per heavy atom. The number of rotatable bonds is 3. The average Bonchev–Trinajstić information content (AvgIpc) is 2.63. The minimum absolute atomic E-state index is 0.547. The maximum atomic E-state index is 4.28. The molecule has 1 unspecified atom stereocenters. The summed E-state index contributed by atoms with van der Waals surface area (Å²) in [5.41, 5.74) is 1.12. The van der Waals surface area contributed by atoms with Crippen LogP contribution in [0.25, 0.3) is 0 Å². The van der Waals surface area contributed by atoms with Crippen molar-refractivity contribution in [3.63, 3.8) is 0 Å². The van der Waals surface area contributed by atoms with Crippen molar-refractivity contribution in [2.45, 2.75) is 31.8 Å². The van der Waals surface area contributed by atoms with Crippen LogP contribution >= 0.6 is 0 Å². The summed E-state index contributed by atoms with van der Waals surface area (Å²) in [6.45, 7) is 0.871. The van der Waals surface area contributed by atoms with Gasteiger partial charge in [-0.15, -0.1) is 0 Å². The van der Waals surface area contributed by atoms with Crippen LogP contribution in [-0.2, 0) is 13.6 Å². The van der Waals surface area contributed by atoms with Gasteiger partial charge in [0.15, 0.2) is 0 Å². The van der Waals surface area contributed by atoms with E-state index in [1.54, 1.807) is 0 Å². The Morgan fingerprint density at radius 1 is 1.64 bits per heavy atom. The van der Waals surface area contributed by atoms with Crippen molar-refractivity contribution >= 4 is 0 Å². The lowest BCUT2D eigenvalue weighted by Crippen LogP contribution is -2.27. The summed E-state index contributed by atoms with van der Waals surface area (Å²) in [5.74, 6) is 0. The third kappa shape index (κ3) is 2.45. The lowest BCUT2D eigenvalue weighted by Gasteiger charge is -2.16. The molecular weight excluding hydrogens is 174 g/mol. The van der Waals surface area contributed by atoms with E-state index in [4.69, 9.17) is 0 Å². The first-order chi connectivity index (χ1) is 6.84. The largest absolute Gasteiger partial charge is 0.340 e. The van der Waals surface area contributed by atoms with Gasteiger partial charge in [0, 0.05) is 25.8 Å². The summed E-state index contributed by atoms with van der Waals surface area (Å²) < 4.78 is 1.98. The van der Waals surface area contributed by atoms with Gasteiger partial charge in [-0.2, -0.15) is 0 Å². The molecule has 1 aliphatic rings. The van der Waals surface area contributed by atoms with Crippen LogP contribution in [0, 0.1) is 0 Å². The molecule has 1 N–H and O–H groups in total. The van der Waals surface area contributed by atoms with Gasteiger partial charge in [0.2, 0.25) is 0 Å². The third-order valence-corrected chi connectivity index (χ3v) is 2.56. The smallest absolute Gasteiger partial charge is 0.0947 e. The lowest BCUT2D eigenvalue weighted by molar-refractivity contribution is 0.519. The number of hydrogen-bond acceptors (Lipinski definition) is 2. The fourth-order valence-corrected chi connectivity index (χ4v) is 1.78. The number of allylic oxidation sites excluding steroid dienone is 1. The highest BCUT2D eigenvalue weighted by atomic mass is 15.0. The van der Waals surface area contributed by atoms with Crippen molar-refractivity contribution < 1.29 is 0 Å². The van der Waals surface area contributed by atoms with Gasteiger partial charge in [-0.25, -0.2) is 4.98 Å². The van der Waals surface area contributed by atoms with Gasteiger partial charge in [0.05, 0.1) is 12.0 Å². The summed E-state index contributed by atoms with van der Waals surface area (Å²) in [7, 11) is 2.00. The molecule has 3 nitrogen and oxygen atoms in total. The second kappa shape index (κ2) is 4.42. The summed E-state index contributed by atoms with van der Waals surface area (Å²) >= 11 is 0. The fourth-order valence-electron chi connectivity index (χ4n) is 1.78. The summed E-state index contributed by atoms with van der Waals surface area (Å²) in [6, 6.07) is 0.547. The molecule has 1 atom stereocenters. The van der Waals surface area contributed by atoms with Gasteiger partial charge in [0.25, 0.3) is 0 Å². The second-order valence-electron chi connectivity index (χ2n) is 3.88. The molecule has 0 radical (unpaired) electrons. The molecule has 0 aromatic carbocycles. The molecular formula is C11H17N3. The third-order valence-electron chi connectivity index (χ3n) is 2.56. The molecule has 0 amide bonds. The number of nitrogens with zero attached hydrogens (tertiary/aromatic N) is 2. The first kappa shape index (κ1) is 9.46. The monoisotopic (exact) mass is 191 g/mol. The van der Waals surface area contributed by atoms with E-state index < -0.39 is 0 Å². The molecule has 14 heavy (non-hydrogen) atoms. The summed E-state index contributed by atoms with van der Waals surface area (Å²) in [6.07, 6.45) is 12.2. The van der Waals surface area contributed by atoms with Crippen molar-refractivity contribution in [2.24, 2.45) is 7.05 Å². The molecule has 0 bridgehead atoms. The van der Waals surface area contributed by atoms with E-state index in [2.05, 4.69) is 28.6 Å². The quantitative estimate of drug-likeness (QED) is 0.736. The standard InChI is InChI=1S/C11H17N3/c1-14-8-11(13-9-14)7-12-10-5-3-2-4-6-10/h3,5,8-10,12H,2,4,6-7H2,1H3. The van der Waals surface area contributed by atoms with Gasteiger partial charge in [-0.1, -0.05) is 12.2 Å². The zero-order valence-electron chi connectivity index (χ0n) is 8.61. The minimum atomic E-state index is 0.547.